The highest BCUT2D eigenvalue weighted by Crippen LogP contribution is 2.19. The van der Waals surface area contributed by atoms with Crippen LogP contribution in [0.5, 0.6) is 0 Å². The zero-order valence-electron chi connectivity index (χ0n) is 11.5. The maximum Gasteiger partial charge on any atom is 0.312 e. The highest BCUT2D eigenvalue weighted by atomic mass is 16.5. The molecule has 104 valence electrons. The first-order valence-electron chi connectivity index (χ1n) is 6.77. The first-order chi connectivity index (χ1) is 8.13. The quantitative estimate of drug-likeness (QED) is 0.801. The minimum atomic E-state index is -0.423. The van der Waals surface area contributed by atoms with Crippen molar-refractivity contribution in [2.45, 2.75) is 58.9 Å². The van der Waals surface area contributed by atoms with E-state index in [2.05, 4.69) is 26.1 Å². The Morgan fingerprint density at radius 2 is 2.18 bits per heavy atom. The lowest BCUT2D eigenvalue weighted by atomic mass is 9.93. The Balaban J connectivity index is 0. The topological polar surface area (TPSA) is 64.3 Å². The van der Waals surface area contributed by atoms with Crippen molar-refractivity contribution in [1.29, 1.82) is 0 Å². The number of nitrogens with one attached hydrogen (secondary N) is 1. The molecule has 17 heavy (non-hydrogen) atoms. The van der Waals surface area contributed by atoms with Gasteiger partial charge < -0.3 is 15.8 Å². The van der Waals surface area contributed by atoms with E-state index in [1.54, 1.807) is 0 Å². The molecule has 1 heterocycles. The first kappa shape index (κ1) is 16.2. The Labute approximate surface area is 107 Å². The molecule has 1 aliphatic rings. The SMILES string of the molecule is CCC.CC[C@H](C[C@H]1CCCOC1)NC(N)=O.[HH]. The predicted molar refractivity (Wildman–Crippen MR) is 73.0 cm³/mol. The molecule has 1 fully saturated rings. The molecule has 4 heteroatoms. The average Bonchev–Trinajstić information content (AvgIpc) is 2.30. The fourth-order valence-electron chi connectivity index (χ4n) is 1.92. The van der Waals surface area contributed by atoms with Gasteiger partial charge in [-0.1, -0.05) is 27.2 Å². The number of hydrogen-bond acceptors (Lipinski definition) is 2. The second-order valence-corrected chi connectivity index (χ2v) is 4.64. The van der Waals surface area contributed by atoms with Crippen molar-refractivity contribution in [1.82, 2.24) is 5.32 Å². The average molecular weight is 246 g/mol. The van der Waals surface area contributed by atoms with E-state index in [0.29, 0.717) is 5.92 Å². The summed E-state index contributed by atoms with van der Waals surface area (Å²) < 4.78 is 5.39. The van der Waals surface area contributed by atoms with Crippen LogP contribution in [0.15, 0.2) is 0 Å². The number of primary amides is 1. The van der Waals surface area contributed by atoms with Crippen molar-refractivity contribution in [3.05, 3.63) is 0 Å². The second kappa shape index (κ2) is 10.4. The van der Waals surface area contributed by atoms with Crippen molar-refractivity contribution in [3.8, 4) is 0 Å². The van der Waals surface area contributed by atoms with Crippen molar-refractivity contribution in [2.24, 2.45) is 11.7 Å². The molecule has 0 aromatic heterocycles. The van der Waals surface area contributed by atoms with E-state index in [-0.39, 0.29) is 7.47 Å². The minimum absolute atomic E-state index is 0. The summed E-state index contributed by atoms with van der Waals surface area (Å²) in [5.74, 6) is 0.584. The van der Waals surface area contributed by atoms with Crippen LogP contribution in [0, 0.1) is 5.92 Å². The Bertz CT molecular complexity index is 197. The Morgan fingerprint density at radius 3 is 2.59 bits per heavy atom. The lowest BCUT2D eigenvalue weighted by molar-refractivity contribution is 0.0478. The van der Waals surface area contributed by atoms with E-state index >= 15 is 0 Å². The molecule has 0 aromatic carbocycles. The van der Waals surface area contributed by atoms with Crippen LogP contribution in [0.2, 0.25) is 0 Å². The molecule has 4 nitrogen and oxygen atoms in total. The van der Waals surface area contributed by atoms with Gasteiger partial charge in [0.05, 0.1) is 0 Å². The van der Waals surface area contributed by atoms with Crippen LogP contribution in [0.3, 0.4) is 0 Å². The summed E-state index contributed by atoms with van der Waals surface area (Å²) in [6.45, 7) is 8.03. The molecule has 0 radical (unpaired) electrons. The van der Waals surface area contributed by atoms with E-state index in [1.165, 1.54) is 12.8 Å². The number of carbonyl (C=O) groups is 1. The van der Waals surface area contributed by atoms with Gasteiger partial charge in [-0.15, -0.1) is 0 Å². The number of nitrogens with two attached hydrogens (primary N) is 1. The van der Waals surface area contributed by atoms with Crippen molar-refractivity contribution >= 4 is 6.03 Å². The molecule has 0 aromatic rings. The summed E-state index contributed by atoms with van der Waals surface area (Å²) in [5.41, 5.74) is 5.09. The van der Waals surface area contributed by atoms with Crippen LogP contribution in [-0.2, 0) is 4.74 Å². The minimum Gasteiger partial charge on any atom is -0.381 e. The fraction of sp³-hybridized carbons (Fsp3) is 0.923. The molecule has 1 saturated heterocycles. The largest absolute Gasteiger partial charge is 0.381 e. The molecule has 0 saturated carbocycles. The second-order valence-electron chi connectivity index (χ2n) is 4.64. The van der Waals surface area contributed by atoms with Crippen molar-refractivity contribution in [2.75, 3.05) is 13.2 Å². The van der Waals surface area contributed by atoms with Crippen LogP contribution in [0.25, 0.3) is 0 Å². The molecule has 0 bridgehead atoms. The standard InChI is InChI=1S/C10H20N2O2.C3H8.H2/c1-2-9(12-10(11)13)6-8-4-3-5-14-7-8;1-3-2;/h8-9H,2-7H2,1H3,(H3,11,12,13);3H2,1-2H3;1H/t8-,9-;;/m1../s1. The molecule has 2 amide bonds. The number of amides is 2. The maximum absolute atomic E-state index is 10.7. The molecule has 2 atom stereocenters. The molecule has 3 N–H and O–H groups in total. The van der Waals surface area contributed by atoms with Gasteiger partial charge in [-0.25, -0.2) is 4.79 Å². The van der Waals surface area contributed by atoms with Gasteiger partial charge in [0.2, 0.25) is 0 Å². The van der Waals surface area contributed by atoms with Crippen LogP contribution in [0.1, 0.15) is 54.3 Å². The van der Waals surface area contributed by atoms with E-state index < -0.39 is 6.03 Å². The summed E-state index contributed by atoms with van der Waals surface area (Å²) in [5, 5.41) is 2.76. The Morgan fingerprint density at radius 1 is 1.53 bits per heavy atom. The highest BCUT2D eigenvalue weighted by Gasteiger charge is 2.18. The van der Waals surface area contributed by atoms with E-state index in [0.717, 1.165) is 32.5 Å². The van der Waals surface area contributed by atoms with Gasteiger partial charge in [0.1, 0.15) is 0 Å². The fourth-order valence-corrected chi connectivity index (χ4v) is 1.92. The smallest absolute Gasteiger partial charge is 0.312 e. The van der Waals surface area contributed by atoms with Crippen molar-refractivity contribution in [3.63, 3.8) is 0 Å². The van der Waals surface area contributed by atoms with Gasteiger partial charge in [-0.2, -0.15) is 0 Å². The normalized spacial score (nSPS) is 21.0. The van der Waals surface area contributed by atoms with Gasteiger partial charge in [0.15, 0.2) is 0 Å². The summed E-state index contributed by atoms with van der Waals surface area (Å²) in [6.07, 6.45) is 5.51. The number of urea groups is 1. The number of hydrogen-bond donors (Lipinski definition) is 2. The van der Waals surface area contributed by atoms with Crippen LogP contribution in [-0.4, -0.2) is 25.3 Å². The van der Waals surface area contributed by atoms with Gasteiger partial charge in [-0.05, 0) is 31.6 Å². The molecule has 0 spiro atoms. The molecule has 0 unspecified atom stereocenters. The third-order valence-electron chi connectivity index (χ3n) is 2.71. The molecule has 1 aliphatic heterocycles. The third kappa shape index (κ3) is 8.98. The van der Waals surface area contributed by atoms with E-state index in [4.69, 9.17) is 10.5 Å². The Kier molecular flexibility index (Phi) is 9.92. The summed E-state index contributed by atoms with van der Waals surface area (Å²) in [6, 6.07) is -0.215. The number of rotatable bonds is 4. The number of ether oxygens (including phenoxy) is 1. The molecule has 1 rings (SSSR count). The Hall–Kier alpha value is -0.770. The lowest BCUT2D eigenvalue weighted by Gasteiger charge is -2.26. The van der Waals surface area contributed by atoms with Gasteiger partial charge in [-0.3, -0.25) is 0 Å². The molecule has 0 aliphatic carbocycles. The first-order valence-corrected chi connectivity index (χ1v) is 6.77. The summed E-state index contributed by atoms with van der Waals surface area (Å²) >= 11 is 0. The summed E-state index contributed by atoms with van der Waals surface area (Å²) in [4.78, 5) is 10.7. The van der Waals surface area contributed by atoms with Gasteiger partial charge >= 0.3 is 6.03 Å². The molecular weight excluding hydrogens is 216 g/mol. The van der Waals surface area contributed by atoms with Crippen LogP contribution < -0.4 is 11.1 Å². The lowest BCUT2D eigenvalue weighted by Crippen LogP contribution is -2.40. The van der Waals surface area contributed by atoms with E-state index in [9.17, 15) is 4.79 Å². The zero-order chi connectivity index (χ0) is 13.1. The van der Waals surface area contributed by atoms with Gasteiger partial charge in [0, 0.05) is 20.7 Å². The van der Waals surface area contributed by atoms with E-state index in [1.807, 2.05) is 0 Å². The highest BCUT2D eigenvalue weighted by molar-refractivity contribution is 5.71. The third-order valence-corrected chi connectivity index (χ3v) is 2.71. The van der Waals surface area contributed by atoms with Crippen LogP contribution in [0.4, 0.5) is 4.79 Å². The molecular formula is C13H30N2O2. The summed E-state index contributed by atoms with van der Waals surface area (Å²) in [7, 11) is 0. The van der Waals surface area contributed by atoms with Crippen LogP contribution >= 0.6 is 0 Å². The monoisotopic (exact) mass is 246 g/mol. The maximum atomic E-state index is 10.7. The van der Waals surface area contributed by atoms with Gasteiger partial charge in [0.25, 0.3) is 0 Å². The predicted octanol–water partition coefficient (Wildman–Crippen LogP) is 2.91. The number of carbonyl (C=O) groups excluding carboxylic acids is 1. The zero-order valence-corrected chi connectivity index (χ0v) is 11.5. The van der Waals surface area contributed by atoms with Crippen molar-refractivity contribution < 1.29 is 11.0 Å².